The van der Waals surface area contributed by atoms with E-state index in [1.165, 1.54) is 19.3 Å². The second-order valence-corrected chi connectivity index (χ2v) is 8.79. The van der Waals surface area contributed by atoms with Crippen LogP contribution in [0.15, 0.2) is 12.3 Å². The molecule has 7 heteroatoms. The van der Waals surface area contributed by atoms with Crippen LogP contribution >= 0.6 is 0 Å². The Morgan fingerprint density at radius 1 is 1.30 bits per heavy atom. The lowest BCUT2D eigenvalue weighted by Gasteiger charge is -2.37. The van der Waals surface area contributed by atoms with Gasteiger partial charge < -0.3 is 19.3 Å². The summed E-state index contributed by atoms with van der Waals surface area (Å²) in [4.78, 5) is 34.1. The molecule has 0 radical (unpaired) electrons. The molecule has 1 aromatic heterocycles. The van der Waals surface area contributed by atoms with Crippen molar-refractivity contribution in [2.24, 2.45) is 5.92 Å². The largest absolute Gasteiger partial charge is 0.477 e. The van der Waals surface area contributed by atoms with Crippen molar-refractivity contribution >= 4 is 11.9 Å². The third-order valence-corrected chi connectivity index (χ3v) is 6.90. The highest BCUT2D eigenvalue weighted by Gasteiger charge is 2.50. The number of fused-ring (bicyclic) bond motifs is 2. The maximum Gasteiger partial charge on any atom is 0.344 e. The summed E-state index contributed by atoms with van der Waals surface area (Å²) >= 11 is 0. The van der Waals surface area contributed by atoms with Crippen LogP contribution in [0.5, 0.6) is 5.88 Å². The van der Waals surface area contributed by atoms with Crippen molar-refractivity contribution in [2.45, 2.75) is 57.5 Å². The molecule has 164 valence electrons. The average molecular weight is 416 g/mol. The molecule has 1 aromatic rings. The normalized spacial score (nSPS) is 26.3. The SMILES string of the molecule is CCOc1nccc2c1C(=O)O[C@]21CC[C@H](C(=O)N(C)CCN2CCCCC2)CC1. The summed E-state index contributed by atoms with van der Waals surface area (Å²) in [6, 6.07) is 1.87. The van der Waals surface area contributed by atoms with E-state index < -0.39 is 5.60 Å². The van der Waals surface area contributed by atoms with E-state index in [4.69, 9.17) is 9.47 Å². The minimum Gasteiger partial charge on any atom is -0.477 e. The number of nitrogens with zero attached hydrogens (tertiary/aromatic N) is 3. The Labute approximate surface area is 178 Å². The summed E-state index contributed by atoms with van der Waals surface area (Å²) in [5.74, 6) is 0.214. The van der Waals surface area contributed by atoms with Crippen LogP contribution in [0.3, 0.4) is 0 Å². The molecule has 1 aliphatic carbocycles. The van der Waals surface area contributed by atoms with Gasteiger partial charge in [-0.05, 0) is 64.6 Å². The lowest BCUT2D eigenvalue weighted by molar-refractivity contribution is -0.137. The van der Waals surface area contributed by atoms with Crippen LogP contribution < -0.4 is 4.74 Å². The molecule has 3 aliphatic rings. The summed E-state index contributed by atoms with van der Waals surface area (Å²) in [7, 11) is 1.92. The lowest BCUT2D eigenvalue weighted by atomic mass is 9.75. The summed E-state index contributed by atoms with van der Waals surface area (Å²) in [6.07, 6.45) is 8.32. The Balaban J connectivity index is 1.36. The molecule has 1 saturated carbocycles. The zero-order chi connectivity index (χ0) is 21.1. The number of carbonyl (C=O) groups excluding carboxylic acids is 2. The third-order valence-electron chi connectivity index (χ3n) is 6.90. The smallest absolute Gasteiger partial charge is 0.344 e. The first-order valence-electron chi connectivity index (χ1n) is 11.4. The first kappa shape index (κ1) is 21.1. The topological polar surface area (TPSA) is 72.0 Å². The Morgan fingerprint density at radius 2 is 2.03 bits per heavy atom. The zero-order valence-electron chi connectivity index (χ0n) is 18.2. The number of pyridine rings is 1. The Kier molecular flexibility index (Phi) is 6.27. The van der Waals surface area contributed by atoms with Gasteiger partial charge in [-0.3, -0.25) is 4.79 Å². The first-order chi connectivity index (χ1) is 14.5. The number of likely N-dealkylation sites (N-methyl/N-ethyl adjacent to an activating group) is 1. The molecule has 0 aromatic carbocycles. The van der Waals surface area contributed by atoms with Crippen molar-refractivity contribution < 1.29 is 19.1 Å². The van der Waals surface area contributed by atoms with Gasteiger partial charge in [-0.15, -0.1) is 0 Å². The second-order valence-electron chi connectivity index (χ2n) is 8.79. The quantitative estimate of drug-likeness (QED) is 0.665. The summed E-state index contributed by atoms with van der Waals surface area (Å²) < 4.78 is 11.4. The molecule has 0 bridgehead atoms. The van der Waals surface area contributed by atoms with E-state index in [0.717, 1.165) is 44.6 Å². The number of rotatable bonds is 6. The van der Waals surface area contributed by atoms with Crippen LogP contribution in [0.25, 0.3) is 0 Å². The van der Waals surface area contributed by atoms with Gasteiger partial charge in [-0.2, -0.15) is 0 Å². The van der Waals surface area contributed by atoms with Gasteiger partial charge in [0, 0.05) is 37.8 Å². The number of ether oxygens (including phenoxy) is 2. The van der Waals surface area contributed by atoms with Crippen LogP contribution in [0.2, 0.25) is 0 Å². The second kappa shape index (κ2) is 8.92. The Hall–Kier alpha value is -2.15. The molecule has 0 N–H and O–H groups in total. The van der Waals surface area contributed by atoms with Crippen molar-refractivity contribution in [3.63, 3.8) is 0 Å². The molecule has 1 amide bonds. The van der Waals surface area contributed by atoms with Crippen molar-refractivity contribution in [1.29, 1.82) is 0 Å². The van der Waals surface area contributed by atoms with E-state index in [-0.39, 0.29) is 17.8 Å². The molecule has 0 atom stereocenters. The molecule has 2 fully saturated rings. The number of carbonyl (C=O) groups is 2. The van der Waals surface area contributed by atoms with E-state index >= 15 is 0 Å². The standard InChI is InChI=1S/C23H33N3O4/c1-3-29-20-19-18(9-12-24-20)23(30-22(19)28)10-7-17(8-11-23)21(27)25(2)15-16-26-13-5-4-6-14-26/h9,12,17H,3-8,10-11,13-16H2,1-2H3/t17-,23-. The number of hydrogen-bond donors (Lipinski definition) is 0. The molecule has 2 aliphatic heterocycles. The predicted octanol–water partition coefficient (Wildman–Crippen LogP) is 2.98. The lowest BCUT2D eigenvalue weighted by Crippen LogP contribution is -2.43. The highest BCUT2D eigenvalue weighted by atomic mass is 16.6. The fraction of sp³-hybridized carbons (Fsp3) is 0.696. The van der Waals surface area contributed by atoms with Crippen LogP contribution in [0.1, 0.15) is 67.8 Å². The fourth-order valence-corrected chi connectivity index (χ4v) is 5.15. The summed E-state index contributed by atoms with van der Waals surface area (Å²) in [6.45, 7) is 6.35. The van der Waals surface area contributed by atoms with E-state index in [2.05, 4.69) is 9.88 Å². The predicted molar refractivity (Wildman–Crippen MR) is 112 cm³/mol. The van der Waals surface area contributed by atoms with E-state index in [0.29, 0.717) is 30.9 Å². The first-order valence-corrected chi connectivity index (χ1v) is 11.4. The molecular formula is C23H33N3O4. The zero-order valence-corrected chi connectivity index (χ0v) is 18.2. The van der Waals surface area contributed by atoms with Gasteiger partial charge >= 0.3 is 5.97 Å². The van der Waals surface area contributed by atoms with Crippen LogP contribution in [0, 0.1) is 5.92 Å². The fourth-order valence-electron chi connectivity index (χ4n) is 5.15. The molecular weight excluding hydrogens is 382 g/mol. The van der Waals surface area contributed by atoms with Crippen molar-refractivity contribution in [3.8, 4) is 5.88 Å². The van der Waals surface area contributed by atoms with Crippen molar-refractivity contribution in [3.05, 3.63) is 23.4 Å². The van der Waals surface area contributed by atoms with E-state index in [9.17, 15) is 9.59 Å². The minimum absolute atomic E-state index is 0.00191. The van der Waals surface area contributed by atoms with Gasteiger partial charge in [-0.25, -0.2) is 9.78 Å². The molecule has 4 rings (SSSR count). The number of likely N-dealkylation sites (tertiary alicyclic amines) is 1. The number of hydrogen-bond acceptors (Lipinski definition) is 6. The van der Waals surface area contributed by atoms with Gasteiger partial charge in [0.05, 0.1) is 6.61 Å². The van der Waals surface area contributed by atoms with Crippen LogP contribution in [0.4, 0.5) is 0 Å². The molecule has 30 heavy (non-hydrogen) atoms. The van der Waals surface area contributed by atoms with Gasteiger partial charge in [0.15, 0.2) is 0 Å². The van der Waals surface area contributed by atoms with E-state index in [1.54, 1.807) is 6.20 Å². The average Bonchev–Trinajstić information content (AvgIpc) is 3.05. The minimum atomic E-state index is -0.635. The highest BCUT2D eigenvalue weighted by molar-refractivity contribution is 5.97. The number of esters is 1. The van der Waals surface area contributed by atoms with Crippen molar-refractivity contribution in [2.75, 3.05) is 39.8 Å². The van der Waals surface area contributed by atoms with Crippen LogP contribution in [-0.4, -0.2) is 66.5 Å². The molecule has 1 saturated heterocycles. The summed E-state index contributed by atoms with van der Waals surface area (Å²) in [5.41, 5.74) is 0.697. The van der Waals surface area contributed by atoms with Gasteiger partial charge in [0.2, 0.25) is 11.8 Å². The molecule has 7 nitrogen and oxygen atoms in total. The highest BCUT2D eigenvalue weighted by Crippen LogP contribution is 2.49. The van der Waals surface area contributed by atoms with Gasteiger partial charge in [0.25, 0.3) is 0 Å². The maximum atomic E-state index is 13.0. The van der Waals surface area contributed by atoms with E-state index in [1.807, 2.05) is 24.9 Å². The maximum absolute atomic E-state index is 13.0. The molecule has 1 spiro atoms. The Bertz CT molecular complexity index is 783. The van der Waals surface area contributed by atoms with Gasteiger partial charge in [-0.1, -0.05) is 6.42 Å². The van der Waals surface area contributed by atoms with Crippen molar-refractivity contribution in [1.82, 2.24) is 14.8 Å². The Morgan fingerprint density at radius 3 is 2.73 bits per heavy atom. The van der Waals surface area contributed by atoms with Crippen LogP contribution in [-0.2, 0) is 15.1 Å². The third kappa shape index (κ3) is 4.04. The number of aromatic nitrogens is 1. The molecule has 3 heterocycles. The number of amides is 1. The molecule has 0 unspecified atom stereocenters. The number of piperidine rings is 1. The summed E-state index contributed by atoms with van der Waals surface area (Å²) in [5, 5.41) is 0. The monoisotopic (exact) mass is 415 g/mol. The van der Waals surface area contributed by atoms with Gasteiger partial charge in [0.1, 0.15) is 11.2 Å².